The van der Waals surface area contributed by atoms with Crippen molar-refractivity contribution in [2.45, 2.75) is 11.5 Å². The van der Waals surface area contributed by atoms with Gasteiger partial charge in [-0.05, 0) is 11.5 Å². The van der Waals surface area contributed by atoms with Crippen LogP contribution in [0.2, 0.25) is 20.1 Å². The largest absolute Gasteiger partial charge is 0.179 e. The highest BCUT2D eigenvalue weighted by molar-refractivity contribution is 7.99. The van der Waals surface area contributed by atoms with Gasteiger partial charge in [0.1, 0.15) is 0 Å². The van der Waals surface area contributed by atoms with Gasteiger partial charge in [0, 0.05) is 34.1 Å². The van der Waals surface area contributed by atoms with Crippen LogP contribution in [0, 0.1) is 0 Å². The van der Waals surface area contributed by atoms with Crippen LogP contribution < -0.4 is 0 Å². The molecule has 0 heterocycles. The number of hydrogen-bond donors (Lipinski definition) is 2. The molecule has 0 aromatic heterocycles. The first-order valence-electron chi connectivity index (χ1n) is 5.75. The van der Waals surface area contributed by atoms with E-state index in [9.17, 15) is 0 Å². The summed E-state index contributed by atoms with van der Waals surface area (Å²) in [6.45, 7) is 0. The van der Waals surface area contributed by atoms with Gasteiger partial charge in [-0.2, -0.15) is 48.8 Å². The highest BCUT2D eigenvalue weighted by Crippen LogP contribution is 2.43. The molecule has 0 bridgehead atoms. The fourth-order valence-corrected chi connectivity index (χ4v) is 5.28. The molecule has 0 aliphatic carbocycles. The molecule has 0 fully saturated rings. The number of thiol groups is 2. The highest BCUT2D eigenvalue weighted by Gasteiger charge is 2.19. The third-order valence-electron chi connectivity index (χ3n) is 2.41. The first-order valence-corrected chi connectivity index (χ1v) is 10.8. The van der Waals surface area contributed by atoms with Crippen LogP contribution in [-0.4, -0.2) is 23.0 Å². The van der Waals surface area contributed by atoms with Crippen molar-refractivity contribution in [2.75, 3.05) is 23.0 Å². The summed E-state index contributed by atoms with van der Waals surface area (Å²) in [7, 11) is 0. The molecule has 0 atom stereocenters. The predicted octanol–water partition coefficient (Wildman–Crippen LogP) is 6.63. The van der Waals surface area contributed by atoms with E-state index in [2.05, 4.69) is 25.3 Å². The normalized spacial score (nSPS) is 11.1. The molecule has 20 heavy (non-hydrogen) atoms. The Hall–Kier alpha value is 1.78. The Morgan fingerprint density at radius 1 is 0.650 bits per heavy atom. The van der Waals surface area contributed by atoms with Gasteiger partial charge in [0.15, 0.2) is 0 Å². The molecule has 0 spiro atoms. The molecule has 0 saturated carbocycles. The summed E-state index contributed by atoms with van der Waals surface area (Å²) < 4.78 is 0. The van der Waals surface area contributed by atoms with E-state index in [-0.39, 0.29) is 0 Å². The first-order chi connectivity index (χ1) is 9.54. The van der Waals surface area contributed by atoms with Crippen LogP contribution in [0.1, 0.15) is 11.1 Å². The summed E-state index contributed by atoms with van der Waals surface area (Å²) in [5.41, 5.74) is 1.61. The SMILES string of the molecule is SCCSCc1c(Cl)c(Cl)c(CSCCS)c(Cl)c1Cl. The number of hydrogen-bond acceptors (Lipinski definition) is 4. The Labute approximate surface area is 159 Å². The standard InChI is InChI=1S/C12H14Cl4S4/c13-9-7(5-19-3-1-17)10(14)12(16)8(11(9)15)6-20-4-2-18/h17-18H,1-6H2. The van der Waals surface area contributed by atoms with Crippen LogP contribution in [0.25, 0.3) is 0 Å². The van der Waals surface area contributed by atoms with Crippen molar-refractivity contribution >= 4 is 95.2 Å². The lowest BCUT2D eigenvalue weighted by atomic mass is 10.1. The van der Waals surface area contributed by atoms with E-state index in [1.807, 2.05) is 0 Å². The van der Waals surface area contributed by atoms with Crippen molar-refractivity contribution in [1.82, 2.24) is 0 Å². The van der Waals surface area contributed by atoms with Gasteiger partial charge >= 0.3 is 0 Å². The van der Waals surface area contributed by atoms with Crippen LogP contribution in [0.5, 0.6) is 0 Å². The molecule has 1 aromatic carbocycles. The van der Waals surface area contributed by atoms with Crippen molar-refractivity contribution in [2.24, 2.45) is 0 Å². The third kappa shape index (κ3) is 5.45. The Kier molecular flexibility index (Phi) is 10.4. The van der Waals surface area contributed by atoms with Gasteiger partial charge in [-0.25, -0.2) is 0 Å². The van der Waals surface area contributed by atoms with Gasteiger partial charge in [-0.1, -0.05) is 46.4 Å². The second-order valence-electron chi connectivity index (χ2n) is 3.77. The number of thioether (sulfide) groups is 2. The molecule has 114 valence electrons. The van der Waals surface area contributed by atoms with Gasteiger partial charge in [0.05, 0.1) is 20.1 Å². The minimum Gasteiger partial charge on any atom is -0.179 e. The van der Waals surface area contributed by atoms with Gasteiger partial charge < -0.3 is 0 Å². The molecule has 0 amide bonds. The molecule has 0 unspecified atom stereocenters. The molecule has 8 heteroatoms. The average Bonchev–Trinajstić information content (AvgIpc) is 2.44. The van der Waals surface area contributed by atoms with Crippen molar-refractivity contribution in [3.8, 4) is 0 Å². The molecule has 0 aliphatic rings. The molecule has 0 saturated heterocycles. The van der Waals surface area contributed by atoms with Crippen molar-refractivity contribution < 1.29 is 0 Å². The second kappa shape index (κ2) is 10.5. The minimum absolute atomic E-state index is 0.509. The zero-order chi connectivity index (χ0) is 15.1. The monoisotopic (exact) mass is 426 g/mol. The third-order valence-corrected chi connectivity index (χ3v) is 7.29. The maximum atomic E-state index is 6.34. The Bertz CT molecular complexity index is 384. The topological polar surface area (TPSA) is 0 Å². The molecular formula is C12H14Cl4S4. The van der Waals surface area contributed by atoms with Crippen LogP contribution in [0.15, 0.2) is 0 Å². The molecular weight excluding hydrogens is 414 g/mol. The number of rotatable bonds is 8. The van der Waals surface area contributed by atoms with E-state index in [1.54, 1.807) is 23.5 Å². The van der Waals surface area contributed by atoms with Gasteiger partial charge in [-0.3, -0.25) is 0 Å². The van der Waals surface area contributed by atoms with E-state index in [0.29, 0.717) is 31.6 Å². The van der Waals surface area contributed by atoms with E-state index >= 15 is 0 Å². The number of halogens is 4. The Morgan fingerprint density at radius 3 is 1.20 bits per heavy atom. The fraction of sp³-hybridized carbons (Fsp3) is 0.500. The predicted molar refractivity (Wildman–Crippen MR) is 107 cm³/mol. The van der Waals surface area contributed by atoms with Gasteiger partial charge in [0.25, 0.3) is 0 Å². The zero-order valence-electron chi connectivity index (χ0n) is 10.5. The highest BCUT2D eigenvalue weighted by atomic mass is 35.5. The quantitative estimate of drug-likeness (QED) is 0.271. The maximum Gasteiger partial charge on any atom is 0.0651 e. The number of benzene rings is 1. The smallest absolute Gasteiger partial charge is 0.0651 e. The van der Waals surface area contributed by atoms with E-state index < -0.39 is 0 Å². The van der Waals surface area contributed by atoms with E-state index in [1.165, 1.54) is 0 Å². The van der Waals surface area contributed by atoms with Crippen LogP contribution in [0.4, 0.5) is 0 Å². The van der Waals surface area contributed by atoms with Crippen LogP contribution in [0.3, 0.4) is 0 Å². The zero-order valence-corrected chi connectivity index (χ0v) is 16.9. The maximum absolute atomic E-state index is 6.34. The average molecular weight is 428 g/mol. The van der Waals surface area contributed by atoms with Gasteiger partial charge in [0.2, 0.25) is 0 Å². The van der Waals surface area contributed by atoms with Crippen LogP contribution in [-0.2, 0) is 11.5 Å². The van der Waals surface area contributed by atoms with E-state index in [0.717, 1.165) is 34.1 Å². The minimum atomic E-state index is 0.509. The summed E-state index contributed by atoms with van der Waals surface area (Å²) >= 11 is 37.1. The summed E-state index contributed by atoms with van der Waals surface area (Å²) in [6, 6.07) is 0. The molecule has 1 aromatic rings. The molecule has 0 N–H and O–H groups in total. The lowest BCUT2D eigenvalue weighted by molar-refractivity contribution is 1.33. The first kappa shape index (κ1) is 19.8. The summed E-state index contributed by atoms with van der Waals surface area (Å²) in [4.78, 5) is 0. The molecule has 0 aliphatic heterocycles. The Morgan fingerprint density at radius 2 is 0.950 bits per heavy atom. The van der Waals surface area contributed by atoms with Crippen molar-refractivity contribution in [1.29, 1.82) is 0 Å². The fourth-order valence-electron chi connectivity index (χ4n) is 1.45. The van der Waals surface area contributed by atoms with Crippen LogP contribution >= 0.6 is 95.2 Å². The molecule has 1 rings (SSSR count). The lowest BCUT2D eigenvalue weighted by Crippen LogP contribution is -1.96. The second-order valence-corrected chi connectivity index (χ2v) is 8.38. The summed E-state index contributed by atoms with van der Waals surface area (Å²) in [5.74, 6) is 4.82. The molecule has 0 radical (unpaired) electrons. The van der Waals surface area contributed by atoms with E-state index in [4.69, 9.17) is 46.4 Å². The summed E-state index contributed by atoms with van der Waals surface area (Å²) in [6.07, 6.45) is 0. The summed E-state index contributed by atoms with van der Waals surface area (Å²) in [5, 5.41) is 2.03. The van der Waals surface area contributed by atoms with Gasteiger partial charge in [-0.15, -0.1) is 0 Å². The Balaban J connectivity index is 3.00. The lowest BCUT2D eigenvalue weighted by Gasteiger charge is -2.15. The van der Waals surface area contributed by atoms with Crippen molar-refractivity contribution in [3.63, 3.8) is 0 Å². The molecule has 0 nitrogen and oxygen atoms in total. The van der Waals surface area contributed by atoms with Crippen molar-refractivity contribution in [3.05, 3.63) is 31.2 Å².